The van der Waals surface area contributed by atoms with Gasteiger partial charge in [0.2, 0.25) is 5.88 Å². The molecule has 1 aliphatic rings. The maximum absolute atomic E-state index is 10.0. The molecule has 2 atom stereocenters. The van der Waals surface area contributed by atoms with E-state index in [2.05, 4.69) is 25.4 Å². The number of fused-ring (bicyclic) bond motifs is 1. The number of hydrogen-bond acceptors (Lipinski definition) is 9. The number of nitrogens with zero attached hydrogens (tertiary/aromatic N) is 5. The van der Waals surface area contributed by atoms with Crippen molar-refractivity contribution in [2.75, 3.05) is 25.6 Å². The fourth-order valence-electron chi connectivity index (χ4n) is 3.98. The number of nitrogens with one attached hydrogen (secondary N) is 1. The van der Waals surface area contributed by atoms with Crippen LogP contribution in [0, 0.1) is 13.8 Å². The number of aliphatic hydroxyl groups is 1. The van der Waals surface area contributed by atoms with Crippen LogP contribution in [0.25, 0.3) is 16.6 Å². The summed E-state index contributed by atoms with van der Waals surface area (Å²) in [5.41, 5.74) is 3.50. The molecule has 176 valence electrons. The van der Waals surface area contributed by atoms with Gasteiger partial charge in [-0.05, 0) is 38.0 Å². The van der Waals surface area contributed by atoms with Gasteiger partial charge in [-0.3, -0.25) is 0 Å². The normalized spacial score (nSPS) is 17.8. The summed E-state index contributed by atoms with van der Waals surface area (Å²) < 4.78 is 18.7. The van der Waals surface area contributed by atoms with E-state index in [4.69, 9.17) is 14.2 Å². The van der Waals surface area contributed by atoms with Gasteiger partial charge in [-0.25, -0.2) is 19.5 Å². The van der Waals surface area contributed by atoms with Crippen LogP contribution in [0.5, 0.6) is 11.6 Å². The summed E-state index contributed by atoms with van der Waals surface area (Å²) >= 11 is 0. The number of pyridine rings is 2. The molecule has 10 nitrogen and oxygen atoms in total. The van der Waals surface area contributed by atoms with Gasteiger partial charge in [0.25, 0.3) is 0 Å². The third kappa shape index (κ3) is 4.63. The lowest BCUT2D eigenvalue weighted by atomic mass is 10.1. The summed E-state index contributed by atoms with van der Waals surface area (Å²) in [7, 11) is 1.57. The fraction of sp³-hybridized carbons (Fsp3) is 0.333. The van der Waals surface area contributed by atoms with E-state index >= 15 is 0 Å². The van der Waals surface area contributed by atoms with Crippen molar-refractivity contribution in [1.82, 2.24) is 24.6 Å². The molecule has 0 radical (unpaired) electrons. The molecule has 5 rings (SSSR count). The first-order valence-electron chi connectivity index (χ1n) is 11.0. The molecule has 0 bridgehead atoms. The first-order chi connectivity index (χ1) is 16.5. The number of aryl methyl sites for hydroxylation is 2. The summed E-state index contributed by atoms with van der Waals surface area (Å²) in [4.78, 5) is 13.0. The predicted molar refractivity (Wildman–Crippen MR) is 126 cm³/mol. The molecule has 1 saturated heterocycles. The average molecular weight is 463 g/mol. The maximum atomic E-state index is 10.0. The molecule has 1 fully saturated rings. The van der Waals surface area contributed by atoms with E-state index in [0.29, 0.717) is 42.1 Å². The monoisotopic (exact) mass is 462 g/mol. The minimum Gasteiger partial charge on any atom is -0.488 e. The molecule has 10 heteroatoms. The topological polar surface area (TPSA) is 116 Å². The molecule has 2 N–H and O–H groups in total. The third-order valence-electron chi connectivity index (χ3n) is 5.63. The minimum absolute atomic E-state index is 0.239. The van der Waals surface area contributed by atoms with Crippen molar-refractivity contribution >= 4 is 17.2 Å². The highest BCUT2D eigenvalue weighted by atomic mass is 16.5. The summed E-state index contributed by atoms with van der Waals surface area (Å²) in [6.07, 6.45) is 3.25. The highest BCUT2D eigenvalue weighted by Gasteiger charge is 2.27. The number of ether oxygens (including phenoxy) is 3. The third-order valence-corrected chi connectivity index (χ3v) is 5.63. The molecule has 0 aromatic carbocycles. The second kappa shape index (κ2) is 9.24. The van der Waals surface area contributed by atoms with E-state index < -0.39 is 6.10 Å². The Morgan fingerprint density at radius 1 is 1.18 bits per heavy atom. The average Bonchev–Trinajstić information content (AvgIpc) is 3.41. The van der Waals surface area contributed by atoms with Crippen LogP contribution in [0.4, 0.5) is 11.6 Å². The van der Waals surface area contributed by atoms with E-state index in [-0.39, 0.29) is 12.7 Å². The van der Waals surface area contributed by atoms with Gasteiger partial charge >= 0.3 is 0 Å². The Balaban J connectivity index is 1.43. The molecule has 0 amide bonds. The van der Waals surface area contributed by atoms with E-state index in [1.54, 1.807) is 17.8 Å². The SMILES string of the molecule is COc1cc(-c2ccn3nc(Nc4cc(C)nc(C)n4)cc3c2)c(OC[C@H]2OCC[C@@H]2O)cn1. The largest absolute Gasteiger partial charge is 0.488 e. The van der Waals surface area contributed by atoms with E-state index in [0.717, 1.165) is 22.3 Å². The summed E-state index contributed by atoms with van der Waals surface area (Å²) in [6.45, 7) is 4.56. The minimum atomic E-state index is -0.522. The Labute approximate surface area is 196 Å². The molecule has 0 saturated carbocycles. The van der Waals surface area contributed by atoms with Gasteiger partial charge < -0.3 is 24.6 Å². The highest BCUT2D eigenvalue weighted by Crippen LogP contribution is 2.33. The van der Waals surface area contributed by atoms with E-state index in [1.807, 2.05) is 50.4 Å². The first-order valence-corrected chi connectivity index (χ1v) is 11.0. The number of rotatable bonds is 7. The quantitative estimate of drug-likeness (QED) is 0.427. The molecule has 5 heterocycles. The van der Waals surface area contributed by atoms with Crippen molar-refractivity contribution in [3.05, 3.63) is 54.2 Å². The lowest BCUT2D eigenvalue weighted by Crippen LogP contribution is -2.28. The Morgan fingerprint density at radius 3 is 2.82 bits per heavy atom. The maximum Gasteiger partial charge on any atom is 0.213 e. The van der Waals surface area contributed by atoms with Crippen molar-refractivity contribution in [3.8, 4) is 22.8 Å². The number of methoxy groups -OCH3 is 1. The van der Waals surface area contributed by atoms with Crippen LogP contribution in [0.1, 0.15) is 17.9 Å². The highest BCUT2D eigenvalue weighted by molar-refractivity contribution is 5.75. The molecule has 1 aliphatic heterocycles. The molecule has 34 heavy (non-hydrogen) atoms. The lowest BCUT2D eigenvalue weighted by Gasteiger charge is -2.17. The summed E-state index contributed by atoms with van der Waals surface area (Å²) in [5.74, 6) is 3.12. The van der Waals surface area contributed by atoms with Crippen molar-refractivity contribution in [2.24, 2.45) is 0 Å². The standard InChI is InChI=1S/C24H26N6O4/c1-14-8-22(27-15(2)26-14)28-23-10-17-9-16(4-6-30(17)29-23)18-11-24(32-3)25-12-20(18)34-13-21-19(31)5-7-33-21/h4,6,8-12,19,21,31H,5,7,13H2,1-3H3,(H,26,27,28,29)/t19-,21+/m0/s1. The number of aliphatic hydroxyl groups excluding tert-OH is 1. The van der Waals surface area contributed by atoms with Gasteiger partial charge in [0.1, 0.15) is 30.1 Å². The number of hydrogen-bond donors (Lipinski definition) is 2. The second-order valence-electron chi connectivity index (χ2n) is 8.18. The molecule has 0 spiro atoms. The van der Waals surface area contributed by atoms with Gasteiger partial charge in [0.05, 0.1) is 24.9 Å². The molecule has 4 aromatic heterocycles. The zero-order chi connectivity index (χ0) is 23.7. The van der Waals surface area contributed by atoms with Crippen LogP contribution < -0.4 is 14.8 Å². The summed E-state index contributed by atoms with van der Waals surface area (Å²) in [6, 6.07) is 9.61. The lowest BCUT2D eigenvalue weighted by molar-refractivity contribution is 0.0110. The molecule has 4 aromatic rings. The van der Waals surface area contributed by atoms with E-state index in [9.17, 15) is 5.11 Å². The van der Waals surface area contributed by atoms with Gasteiger partial charge in [0, 0.05) is 42.3 Å². The Kier molecular flexibility index (Phi) is 5.99. The van der Waals surface area contributed by atoms with Gasteiger partial charge in [-0.1, -0.05) is 0 Å². The molecule has 0 unspecified atom stereocenters. The smallest absolute Gasteiger partial charge is 0.213 e. The second-order valence-corrected chi connectivity index (χ2v) is 8.18. The van der Waals surface area contributed by atoms with E-state index in [1.165, 1.54) is 0 Å². The van der Waals surface area contributed by atoms with Crippen LogP contribution in [-0.2, 0) is 4.74 Å². The molecular weight excluding hydrogens is 436 g/mol. The summed E-state index contributed by atoms with van der Waals surface area (Å²) in [5, 5.41) is 17.9. The van der Waals surface area contributed by atoms with Crippen molar-refractivity contribution in [3.63, 3.8) is 0 Å². The number of anilines is 2. The van der Waals surface area contributed by atoms with Crippen molar-refractivity contribution in [2.45, 2.75) is 32.5 Å². The zero-order valence-electron chi connectivity index (χ0n) is 19.2. The molecule has 0 aliphatic carbocycles. The van der Waals surface area contributed by atoms with Crippen LogP contribution in [0.2, 0.25) is 0 Å². The first kappa shape index (κ1) is 22.1. The van der Waals surface area contributed by atoms with Gasteiger partial charge in [0.15, 0.2) is 5.82 Å². The van der Waals surface area contributed by atoms with Crippen LogP contribution >= 0.6 is 0 Å². The van der Waals surface area contributed by atoms with Crippen LogP contribution in [0.3, 0.4) is 0 Å². The molecular formula is C24H26N6O4. The predicted octanol–water partition coefficient (Wildman–Crippen LogP) is 3.08. The Morgan fingerprint density at radius 2 is 2.06 bits per heavy atom. The Bertz CT molecular complexity index is 1300. The van der Waals surface area contributed by atoms with Crippen molar-refractivity contribution in [1.29, 1.82) is 0 Å². The van der Waals surface area contributed by atoms with Crippen LogP contribution in [0.15, 0.2) is 42.7 Å². The van der Waals surface area contributed by atoms with Crippen molar-refractivity contribution < 1.29 is 19.3 Å². The van der Waals surface area contributed by atoms with Gasteiger partial charge in [-0.2, -0.15) is 5.10 Å². The van der Waals surface area contributed by atoms with Gasteiger partial charge in [-0.15, -0.1) is 0 Å². The van der Waals surface area contributed by atoms with Crippen LogP contribution in [-0.4, -0.2) is 62.2 Å². The number of aromatic nitrogens is 5. The Hall–Kier alpha value is -3.76. The zero-order valence-corrected chi connectivity index (χ0v) is 19.2. The fourth-order valence-corrected chi connectivity index (χ4v) is 3.98.